The number of nitrogens with one attached hydrogen (secondary N) is 1. The molecule has 0 saturated carbocycles. The first-order chi connectivity index (χ1) is 8.69. The maximum Gasteiger partial charge on any atom is 0.305 e. The highest BCUT2D eigenvalue weighted by Gasteiger charge is 2.29. The lowest BCUT2D eigenvalue weighted by molar-refractivity contribution is -0.387. The number of carbonyl (C=O) groups is 1. The van der Waals surface area contributed by atoms with Crippen molar-refractivity contribution in [3.05, 3.63) is 39.4 Å². The van der Waals surface area contributed by atoms with Crippen LogP contribution in [0.3, 0.4) is 0 Å². The molecule has 0 atom stereocenters. The molecule has 1 aromatic rings. The summed E-state index contributed by atoms with van der Waals surface area (Å²) in [5.74, 6) is -3.66. The van der Waals surface area contributed by atoms with Crippen LogP contribution in [0.15, 0.2) is 12.1 Å². The van der Waals surface area contributed by atoms with E-state index in [2.05, 4.69) is 21.2 Å². The Morgan fingerprint density at radius 2 is 2.05 bits per heavy atom. The second-order valence-electron chi connectivity index (χ2n) is 4.48. The van der Waals surface area contributed by atoms with Crippen LogP contribution in [0.2, 0.25) is 0 Å². The van der Waals surface area contributed by atoms with E-state index in [0.717, 1.165) is 0 Å². The standard InChI is InChI=1S/C11H11BrF2N2O3/c1-11(2,5-12)15-10(17)8-6(13)3-4-7(9(8)14)16(18)19/h3-4H,5H2,1-2H3,(H,15,17). The molecule has 0 bridgehead atoms. The zero-order valence-electron chi connectivity index (χ0n) is 10.2. The maximum atomic E-state index is 13.8. The average molecular weight is 337 g/mol. The molecule has 1 N–H and O–H groups in total. The number of hydrogen-bond acceptors (Lipinski definition) is 3. The van der Waals surface area contributed by atoms with E-state index in [0.29, 0.717) is 17.5 Å². The summed E-state index contributed by atoms with van der Waals surface area (Å²) in [7, 11) is 0. The lowest BCUT2D eigenvalue weighted by atomic mass is 10.1. The summed E-state index contributed by atoms with van der Waals surface area (Å²) in [4.78, 5) is 21.3. The normalized spacial score (nSPS) is 11.2. The number of amides is 1. The topological polar surface area (TPSA) is 72.2 Å². The summed E-state index contributed by atoms with van der Waals surface area (Å²) in [6.45, 7) is 3.26. The third kappa shape index (κ3) is 3.46. The predicted molar refractivity (Wildman–Crippen MR) is 68.4 cm³/mol. The molecule has 0 unspecified atom stereocenters. The van der Waals surface area contributed by atoms with Gasteiger partial charge in [-0.2, -0.15) is 4.39 Å². The molecule has 0 aliphatic rings. The van der Waals surface area contributed by atoms with Crippen LogP contribution in [-0.2, 0) is 0 Å². The van der Waals surface area contributed by atoms with Crippen LogP contribution in [0, 0.1) is 21.7 Å². The molecule has 8 heteroatoms. The summed E-state index contributed by atoms with van der Waals surface area (Å²) < 4.78 is 27.2. The Kier molecular flexibility index (Phi) is 4.56. The van der Waals surface area contributed by atoms with Crippen molar-refractivity contribution < 1.29 is 18.5 Å². The van der Waals surface area contributed by atoms with Gasteiger partial charge in [-0.3, -0.25) is 14.9 Å². The van der Waals surface area contributed by atoms with Crippen LogP contribution in [0.5, 0.6) is 0 Å². The fourth-order valence-corrected chi connectivity index (χ4v) is 1.43. The van der Waals surface area contributed by atoms with Gasteiger partial charge in [0.05, 0.1) is 4.92 Å². The highest BCUT2D eigenvalue weighted by molar-refractivity contribution is 9.09. The van der Waals surface area contributed by atoms with Crippen LogP contribution in [0.4, 0.5) is 14.5 Å². The van der Waals surface area contributed by atoms with Gasteiger partial charge >= 0.3 is 5.69 Å². The summed E-state index contributed by atoms with van der Waals surface area (Å²) in [5, 5.41) is 13.3. The quantitative estimate of drug-likeness (QED) is 0.522. The Bertz CT molecular complexity index is 535. The zero-order chi connectivity index (χ0) is 14.8. The lowest BCUT2D eigenvalue weighted by Gasteiger charge is -2.23. The molecule has 0 saturated heterocycles. The fourth-order valence-electron chi connectivity index (χ4n) is 1.29. The number of hydrogen-bond donors (Lipinski definition) is 1. The van der Waals surface area contributed by atoms with Crippen molar-refractivity contribution >= 4 is 27.5 Å². The molecule has 0 aromatic heterocycles. The van der Waals surface area contributed by atoms with Crippen LogP contribution in [0.25, 0.3) is 0 Å². The zero-order valence-corrected chi connectivity index (χ0v) is 11.8. The van der Waals surface area contributed by atoms with Crippen molar-refractivity contribution in [1.29, 1.82) is 0 Å². The fraction of sp³-hybridized carbons (Fsp3) is 0.364. The SMILES string of the molecule is CC(C)(CBr)NC(=O)c1c(F)ccc([N+](=O)[O-])c1F. The minimum absolute atomic E-state index is 0.351. The molecular formula is C11H11BrF2N2O3. The number of carbonyl (C=O) groups excluding carboxylic acids is 1. The molecule has 19 heavy (non-hydrogen) atoms. The van der Waals surface area contributed by atoms with E-state index in [1.807, 2.05) is 0 Å². The highest BCUT2D eigenvalue weighted by atomic mass is 79.9. The molecule has 0 spiro atoms. The molecule has 5 nitrogen and oxygen atoms in total. The molecule has 0 aliphatic heterocycles. The summed E-state index contributed by atoms with van der Waals surface area (Å²) in [5.41, 5.74) is -2.65. The van der Waals surface area contributed by atoms with E-state index < -0.39 is 39.3 Å². The van der Waals surface area contributed by atoms with Gasteiger partial charge in [0.1, 0.15) is 11.4 Å². The number of nitro groups is 1. The highest BCUT2D eigenvalue weighted by Crippen LogP contribution is 2.23. The smallest absolute Gasteiger partial charge is 0.305 e. The van der Waals surface area contributed by atoms with Crippen LogP contribution in [0.1, 0.15) is 24.2 Å². The third-order valence-corrected chi connectivity index (χ3v) is 3.68. The number of benzene rings is 1. The van der Waals surface area contributed by atoms with Gasteiger partial charge in [-0.25, -0.2) is 4.39 Å². The predicted octanol–water partition coefficient (Wildman–Crippen LogP) is 2.78. The number of halogens is 3. The number of nitrogens with zero attached hydrogens (tertiary/aromatic N) is 1. The minimum Gasteiger partial charge on any atom is -0.346 e. The molecule has 0 fully saturated rings. The van der Waals surface area contributed by atoms with Crippen LogP contribution >= 0.6 is 15.9 Å². The van der Waals surface area contributed by atoms with Gasteiger partial charge in [0, 0.05) is 16.9 Å². The Morgan fingerprint density at radius 3 is 2.53 bits per heavy atom. The molecule has 1 amide bonds. The van der Waals surface area contributed by atoms with E-state index in [-0.39, 0.29) is 0 Å². The molecule has 1 rings (SSSR count). The Morgan fingerprint density at radius 1 is 1.47 bits per heavy atom. The number of rotatable bonds is 4. The minimum atomic E-state index is -1.48. The lowest BCUT2D eigenvalue weighted by Crippen LogP contribution is -2.45. The molecular weight excluding hydrogens is 326 g/mol. The van der Waals surface area contributed by atoms with Gasteiger partial charge in [0.15, 0.2) is 0 Å². The second kappa shape index (κ2) is 5.60. The molecule has 0 heterocycles. The first kappa shape index (κ1) is 15.5. The molecule has 0 radical (unpaired) electrons. The van der Waals surface area contributed by atoms with E-state index >= 15 is 0 Å². The van der Waals surface area contributed by atoms with Gasteiger partial charge in [0.25, 0.3) is 5.91 Å². The van der Waals surface area contributed by atoms with Crippen molar-refractivity contribution in [2.75, 3.05) is 5.33 Å². The van der Waals surface area contributed by atoms with E-state index in [9.17, 15) is 23.7 Å². The Labute approximate surface area is 116 Å². The van der Waals surface area contributed by atoms with E-state index in [1.54, 1.807) is 13.8 Å². The van der Waals surface area contributed by atoms with Gasteiger partial charge in [-0.15, -0.1) is 0 Å². The number of alkyl halides is 1. The first-order valence-electron chi connectivity index (χ1n) is 5.20. The largest absolute Gasteiger partial charge is 0.346 e. The van der Waals surface area contributed by atoms with Crippen molar-refractivity contribution in [3.8, 4) is 0 Å². The second-order valence-corrected chi connectivity index (χ2v) is 5.04. The van der Waals surface area contributed by atoms with Crippen LogP contribution in [-0.4, -0.2) is 21.7 Å². The van der Waals surface area contributed by atoms with Crippen molar-refractivity contribution in [3.63, 3.8) is 0 Å². The average Bonchev–Trinajstić information content (AvgIpc) is 2.27. The van der Waals surface area contributed by atoms with E-state index in [1.165, 1.54) is 0 Å². The Hall–Kier alpha value is -1.57. The monoisotopic (exact) mass is 336 g/mol. The number of nitro benzene ring substituents is 1. The van der Waals surface area contributed by atoms with Crippen molar-refractivity contribution in [1.82, 2.24) is 5.32 Å². The summed E-state index contributed by atoms with van der Waals surface area (Å²) >= 11 is 3.14. The maximum absolute atomic E-state index is 13.8. The summed E-state index contributed by atoms with van der Waals surface area (Å²) in [6.07, 6.45) is 0. The van der Waals surface area contributed by atoms with Crippen molar-refractivity contribution in [2.24, 2.45) is 0 Å². The van der Waals surface area contributed by atoms with Gasteiger partial charge in [-0.05, 0) is 19.9 Å². The Balaban J connectivity index is 3.23. The van der Waals surface area contributed by atoms with Gasteiger partial charge in [-0.1, -0.05) is 15.9 Å². The van der Waals surface area contributed by atoms with Crippen molar-refractivity contribution in [2.45, 2.75) is 19.4 Å². The van der Waals surface area contributed by atoms with E-state index in [4.69, 9.17) is 0 Å². The van der Waals surface area contributed by atoms with Gasteiger partial charge in [0.2, 0.25) is 5.82 Å². The molecule has 0 aliphatic carbocycles. The van der Waals surface area contributed by atoms with Gasteiger partial charge < -0.3 is 5.32 Å². The summed E-state index contributed by atoms with van der Waals surface area (Å²) in [6, 6.07) is 1.37. The van der Waals surface area contributed by atoms with Crippen LogP contribution < -0.4 is 5.32 Å². The molecule has 104 valence electrons. The first-order valence-corrected chi connectivity index (χ1v) is 6.32. The third-order valence-electron chi connectivity index (χ3n) is 2.28. The molecule has 1 aromatic carbocycles.